The Kier molecular flexibility index (Phi) is 27.0. The first-order valence-electron chi connectivity index (χ1n) is 23.9. The van der Waals surface area contributed by atoms with Crippen molar-refractivity contribution in [3.05, 3.63) is 76.8 Å². The highest BCUT2D eigenvalue weighted by Crippen LogP contribution is 2.36. The Bertz CT molecular complexity index is 2210. The molecule has 0 fully saturated rings. The molecule has 24 heteroatoms. The summed E-state index contributed by atoms with van der Waals surface area (Å²) < 4.78 is 22.8. The monoisotopic (exact) mass is 1120 g/mol. The highest BCUT2D eigenvalue weighted by molar-refractivity contribution is 8.76. The number of hydrogen-bond acceptors (Lipinski definition) is 18. The van der Waals surface area contributed by atoms with Crippen LogP contribution in [0.25, 0.3) is 0 Å². The molecule has 0 saturated carbocycles. The lowest BCUT2D eigenvalue weighted by atomic mass is 9.81. The third-order valence-corrected chi connectivity index (χ3v) is 15.3. The van der Waals surface area contributed by atoms with Crippen molar-refractivity contribution < 1.29 is 78.0 Å². The average Bonchev–Trinajstić information content (AvgIpc) is 3.36. The van der Waals surface area contributed by atoms with Crippen LogP contribution in [-0.2, 0) is 49.4 Å². The van der Waals surface area contributed by atoms with E-state index >= 15 is 0 Å². The van der Waals surface area contributed by atoms with Gasteiger partial charge in [0, 0.05) is 48.6 Å². The maximum absolute atomic E-state index is 14.3. The number of nitrogens with one attached hydrogen (secondary N) is 4. The standard InChI is InChI=1S/C50H70Cl2N4O16S2/c1-27(2)20-31-23-38(59)50(4,5)26-54-45(63)33(22-29-16-17-37(69-7)32(51)21-29)55-39(60)15-11-14-36(71-48(31)67)28(3)44(40(52)30-12-9-8-10-13-30)72-49(68)70-18-19-73-74-25-34(47(65)66)56-46(64)41(53-6)43(62)42(61)35(58)24-57/h8-13,15-17,21,27-28,31,33-36,40-44,53,57-58,61-62H,14,18-20,22-26H2,1-7H3,(H,54,63)(H,55,60)(H,56,64)(H,65,66)/b15-11+/t28-,31+,33+,34+,35+,36-,40-,41-,42+,43+,44+/m0/s1. The first-order valence-corrected chi connectivity index (χ1v) is 27.2. The zero-order valence-corrected chi connectivity index (χ0v) is 45.5. The number of carbonyl (C=O) groups excluding carboxylic acids is 6. The summed E-state index contributed by atoms with van der Waals surface area (Å²) in [5, 5.41) is 58.5. The lowest BCUT2D eigenvalue weighted by molar-refractivity contribution is -0.161. The van der Waals surface area contributed by atoms with E-state index in [0.29, 0.717) is 21.9 Å². The lowest BCUT2D eigenvalue weighted by Gasteiger charge is -2.34. The summed E-state index contributed by atoms with van der Waals surface area (Å²) in [5.41, 5.74) is 0.0126. The van der Waals surface area contributed by atoms with Crippen molar-refractivity contribution in [2.45, 2.75) is 114 Å². The lowest BCUT2D eigenvalue weighted by Crippen LogP contribution is -2.59. The molecule has 74 heavy (non-hydrogen) atoms. The molecule has 11 atom stereocenters. The molecule has 0 saturated heterocycles. The van der Waals surface area contributed by atoms with Crippen molar-refractivity contribution in [1.82, 2.24) is 21.3 Å². The molecule has 412 valence electrons. The van der Waals surface area contributed by atoms with Gasteiger partial charge in [-0.3, -0.25) is 24.0 Å². The number of carboxylic acids is 1. The average molecular weight is 1120 g/mol. The quantitative estimate of drug-likeness (QED) is 0.0313. The molecule has 3 amide bonds. The molecule has 1 aliphatic heterocycles. The number of aliphatic carboxylic acids is 1. The van der Waals surface area contributed by atoms with E-state index in [-0.39, 0.29) is 62.0 Å². The molecule has 3 rings (SSSR count). The molecule has 9 N–H and O–H groups in total. The maximum atomic E-state index is 14.3. The fourth-order valence-electron chi connectivity index (χ4n) is 7.67. The predicted molar refractivity (Wildman–Crippen MR) is 279 cm³/mol. The van der Waals surface area contributed by atoms with E-state index in [0.717, 1.165) is 21.6 Å². The number of carbonyl (C=O) groups is 7. The van der Waals surface area contributed by atoms with E-state index in [4.69, 9.17) is 47.3 Å². The molecule has 0 radical (unpaired) electrons. The molecule has 1 heterocycles. The van der Waals surface area contributed by atoms with Crippen LogP contribution in [0.3, 0.4) is 0 Å². The summed E-state index contributed by atoms with van der Waals surface area (Å²) in [6.07, 6.45) is -6.44. The number of aliphatic hydroxyl groups is 4. The van der Waals surface area contributed by atoms with Crippen molar-refractivity contribution >= 4 is 86.4 Å². The van der Waals surface area contributed by atoms with Crippen molar-refractivity contribution in [2.75, 3.05) is 45.4 Å². The Morgan fingerprint density at radius 1 is 1.00 bits per heavy atom. The van der Waals surface area contributed by atoms with E-state index in [1.807, 2.05) is 13.8 Å². The van der Waals surface area contributed by atoms with Crippen LogP contribution >= 0.6 is 44.8 Å². The molecular weight excluding hydrogens is 1050 g/mol. The third-order valence-electron chi connectivity index (χ3n) is 12.1. The van der Waals surface area contributed by atoms with Gasteiger partial charge in [0.2, 0.25) is 17.7 Å². The number of alkyl halides is 1. The minimum Gasteiger partial charge on any atom is -0.495 e. The number of Topliss-reactive ketones (excluding diaryl/α,β-unsaturated/α-hetero) is 1. The topological polar surface area (TPSA) is 306 Å². The van der Waals surface area contributed by atoms with Crippen LogP contribution in [0.2, 0.25) is 5.02 Å². The molecule has 2 aromatic carbocycles. The number of methoxy groups -OCH3 is 1. The highest BCUT2D eigenvalue weighted by atomic mass is 35.5. The van der Waals surface area contributed by atoms with Gasteiger partial charge in [-0.2, -0.15) is 0 Å². The van der Waals surface area contributed by atoms with Crippen LogP contribution in [0.1, 0.15) is 70.4 Å². The number of rotatable bonds is 24. The number of ketones is 1. The minimum absolute atomic E-state index is 0.0314. The summed E-state index contributed by atoms with van der Waals surface area (Å²) in [4.78, 5) is 93.9. The van der Waals surface area contributed by atoms with E-state index in [1.54, 1.807) is 69.3 Å². The number of benzene rings is 2. The normalized spacial score (nSPS) is 21.5. The van der Waals surface area contributed by atoms with Crippen LogP contribution in [0.15, 0.2) is 60.7 Å². The van der Waals surface area contributed by atoms with E-state index in [2.05, 4.69) is 21.3 Å². The third kappa shape index (κ3) is 20.1. The smallest absolute Gasteiger partial charge is 0.495 e. The Morgan fingerprint density at radius 2 is 1.69 bits per heavy atom. The molecule has 20 nitrogen and oxygen atoms in total. The number of halogens is 2. The van der Waals surface area contributed by atoms with Gasteiger partial charge in [-0.15, -0.1) is 11.6 Å². The molecule has 0 spiro atoms. The van der Waals surface area contributed by atoms with Gasteiger partial charge in [0.1, 0.15) is 66.8 Å². The number of likely N-dealkylation sites (N-methyl/N-ethyl adjacent to an activating group) is 1. The second-order valence-corrected chi connectivity index (χ2v) is 22.3. The Labute approximate surface area is 449 Å². The van der Waals surface area contributed by atoms with Crippen LogP contribution in [0.5, 0.6) is 5.75 Å². The second kappa shape index (κ2) is 31.4. The Hall–Kier alpha value is -4.65. The molecule has 0 aromatic heterocycles. The van der Waals surface area contributed by atoms with E-state index in [1.165, 1.54) is 26.3 Å². The number of cyclic esters (lactones) is 1. The number of ether oxygens (including phenoxy) is 4. The molecule has 2 aromatic rings. The van der Waals surface area contributed by atoms with Crippen LogP contribution in [0, 0.1) is 23.2 Å². The fraction of sp³-hybridized carbons (Fsp3) is 0.580. The van der Waals surface area contributed by atoms with Gasteiger partial charge in [-0.25, -0.2) is 9.59 Å². The van der Waals surface area contributed by atoms with Crippen molar-refractivity contribution in [3.8, 4) is 5.75 Å². The first-order chi connectivity index (χ1) is 34.9. The Balaban J connectivity index is 1.85. The van der Waals surface area contributed by atoms with Crippen LogP contribution < -0.4 is 26.0 Å². The summed E-state index contributed by atoms with van der Waals surface area (Å²) in [6, 6.07) is 9.51. The van der Waals surface area contributed by atoms with Gasteiger partial charge in [0.25, 0.3) is 0 Å². The molecule has 0 aliphatic carbocycles. The van der Waals surface area contributed by atoms with Gasteiger partial charge in [-0.1, -0.05) is 110 Å². The predicted octanol–water partition coefficient (Wildman–Crippen LogP) is 3.76. The summed E-state index contributed by atoms with van der Waals surface area (Å²) in [5.74, 6) is -6.14. The minimum atomic E-state index is -1.92. The number of esters is 1. The number of amides is 3. The van der Waals surface area contributed by atoms with Crippen LogP contribution in [0.4, 0.5) is 4.79 Å². The first kappa shape index (κ1) is 63.6. The summed E-state index contributed by atoms with van der Waals surface area (Å²) >= 11 is 13.5. The van der Waals surface area contributed by atoms with E-state index in [9.17, 15) is 54.0 Å². The summed E-state index contributed by atoms with van der Waals surface area (Å²) in [7, 11) is 4.85. The zero-order chi connectivity index (χ0) is 55.3. The Morgan fingerprint density at radius 3 is 2.30 bits per heavy atom. The number of hydrogen-bond donors (Lipinski definition) is 9. The van der Waals surface area contributed by atoms with Gasteiger partial charge >= 0.3 is 18.1 Å². The molecule has 0 bridgehead atoms. The molecular formula is C50H70Cl2N4O16S2. The van der Waals surface area contributed by atoms with Gasteiger partial charge in [0.05, 0.1) is 30.0 Å². The van der Waals surface area contributed by atoms with Crippen LogP contribution in [-0.4, -0.2) is 161 Å². The number of carboxylic acid groups (broad SMARTS) is 1. The SMILES string of the molecule is CN[C@H](C(=O)N[C@H](CSSCCOC(=O)O[C@H]([C@@H](C)[C@@H]1C/C=C/C(=O)N[C@H](Cc2ccc(OC)c(Cl)c2)C(=O)NCC(C)(C)C(=O)C[C@@H](CC(C)C)C(=O)O1)[C@@H](Cl)c1ccccc1)C(=O)O)[C@@H](O)[C@H](O)[C@H](O)CO. The molecule has 1 aliphatic rings. The highest BCUT2D eigenvalue weighted by Gasteiger charge is 2.41. The largest absolute Gasteiger partial charge is 0.508 e. The zero-order valence-electron chi connectivity index (χ0n) is 42.4. The van der Waals surface area contributed by atoms with Gasteiger partial charge in [-0.05, 0) is 48.7 Å². The van der Waals surface area contributed by atoms with Gasteiger partial charge in [0.15, 0.2) is 0 Å². The maximum Gasteiger partial charge on any atom is 0.508 e. The fourth-order valence-corrected chi connectivity index (χ4v) is 10.4. The van der Waals surface area contributed by atoms with Crippen molar-refractivity contribution in [1.29, 1.82) is 0 Å². The van der Waals surface area contributed by atoms with Crippen molar-refractivity contribution in [3.63, 3.8) is 0 Å². The van der Waals surface area contributed by atoms with Gasteiger partial charge < -0.3 is 65.7 Å². The summed E-state index contributed by atoms with van der Waals surface area (Å²) in [6.45, 7) is 7.51. The molecule has 0 unspecified atom stereocenters. The van der Waals surface area contributed by atoms with Crippen molar-refractivity contribution in [2.24, 2.45) is 23.2 Å². The van der Waals surface area contributed by atoms with E-state index < -0.39 is 114 Å². The number of aliphatic hydroxyl groups excluding tert-OH is 4. The second-order valence-electron chi connectivity index (χ2n) is 18.8.